The minimum atomic E-state index is -1.03. The van der Waals surface area contributed by atoms with E-state index in [4.69, 9.17) is 5.11 Å². The lowest BCUT2D eigenvalue weighted by Crippen LogP contribution is -2.41. The Balaban J connectivity index is 0.00000180. The molecule has 0 aliphatic rings. The molecule has 0 unspecified atom stereocenters. The number of aliphatic carboxylic acids is 1. The van der Waals surface area contributed by atoms with E-state index in [1.165, 1.54) is 6.92 Å². The maximum absolute atomic E-state index is 11.1. The van der Waals surface area contributed by atoms with Crippen LogP contribution in [0.5, 0.6) is 0 Å². The molecule has 0 aliphatic carbocycles. The molecule has 1 aromatic heterocycles. The Kier molecular flexibility index (Phi) is 5.16. The zero-order valence-corrected chi connectivity index (χ0v) is 9.93. The van der Waals surface area contributed by atoms with E-state index >= 15 is 0 Å². The van der Waals surface area contributed by atoms with Crippen molar-refractivity contribution in [1.29, 1.82) is 0 Å². The van der Waals surface area contributed by atoms with Gasteiger partial charge in [-0.25, -0.2) is 4.79 Å². The number of rotatable bonds is 4. The van der Waals surface area contributed by atoms with Gasteiger partial charge in [0.25, 0.3) is 0 Å². The number of carbonyl (C=O) groups excluding carboxylic acids is 1. The lowest BCUT2D eigenvalue weighted by Gasteiger charge is -2.12. The summed E-state index contributed by atoms with van der Waals surface area (Å²) in [6.07, 6.45) is 2.04. The number of aromatic nitrogens is 1. The van der Waals surface area contributed by atoms with Gasteiger partial charge in [0, 0.05) is 30.4 Å². The fourth-order valence-corrected chi connectivity index (χ4v) is 1.97. The highest BCUT2D eigenvalue weighted by atomic mass is 27.0. The molecule has 1 aromatic carbocycles. The highest BCUT2D eigenvalue weighted by molar-refractivity contribution is 5.86. The van der Waals surface area contributed by atoms with Crippen LogP contribution in [0.25, 0.3) is 10.9 Å². The van der Waals surface area contributed by atoms with Crippen LogP contribution in [0.15, 0.2) is 30.5 Å². The predicted molar refractivity (Wildman–Crippen MR) is 77.2 cm³/mol. The fourth-order valence-electron chi connectivity index (χ4n) is 1.97. The molecule has 3 N–H and O–H groups in total. The monoisotopic (exact) mass is 276 g/mol. The second-order valence-electron chi connectivity index (χ2n) is 4.15. The molecule has 1 heterocycles. The number of hydrogen-bond acceptors (Lipinski definition) is 2. The minimum absolute atomic E-state index is 0. The molecule has 0 aliphatic heterocycles. The van der Waals surface area contributed by atoms with Crippen molar-refractivity contribution >= 4 is 40.1 Å². The molecule has 1 atom stereocenters. The molecular formula is C13H17AlN2O3. The SMILES string of the molecule is CC(=O)N[C@@H](Cc1c[nH]c2ccccc12)C(=O)O.[AlH3]. The first-order valence-corrected chi connectivity index (χ1v) is 5.63. The predicted octanol–water partition coefficient (Wildman–Crippen LogP) is 0.116. The first kappa shape index (κ1) is 15.3. The number of aromatic amines is 1. The Morgan fingerprint density at radius 2 is 2.05 bits per heavy atom. The van der Waals surface area contributed by atoms with E-state index < -0.39 is 12.0 Å². The number of benzene rings is 1. The van der Waals surface area contributed by atoms with Crippen LogP contribution in [0.3, 0.4) is 0 Å². The second kappa shape index (κ2) is 6.41. The van der Waals surface area contributed by atoms with Crippen LogP contribution >= 0.6 is 0 Å². The normalized spacial score (nSPS) is 11.6. The zero-order chi connectivity index (χ0) is 13.1. The van der Waals surface area contributed by atoms with E-state index in [1.54, 1.807) is 6.20 Å². The molecule has 0 saturated heterocycles. The van der Waals surface area contributed by atoms with Crippen molar-refractivity contribution in [3.8, 4) is 0 Å². The number of carboxylic acid groups (broad SMARTS) is 1. The van der Waals surface area contributed by atoms with Gasteiger partial charge in [-0.2, -0.15) is 0 Å². The third-order valence-electron chi connectivity index (χ3n) is 2.77. The number of para-hydroxylation sites is 1. The first-order valence-electron chi connectivity index (χ1n) is 5.63. The van der Waals surface area contributed by atoms with Crippen LogP contribution in [0.1, 0.15) is 12.5 Å². The Bertz CT molecular complexity index is 594. The van der Waals surface area contributed by atoms with Crippen molar-refractivity contribution in [2.45, 2.75) is 19.4 Å². The maximum Gasteiger partial charge on any atom is 0.326 e. The number of fused-ring (bicyclic) bond motifs is 1. The minimum Gasteiger partial charge on any atom is -0.480 e. The van der Waals surface area contributed by atoms with Crippen molar-refractivity contribution in [2.24, 2.45) is 0 Å². The molecule has 1 amide bonds. The number of carboxylic acids is 1. The molecule has 19 heavy (non-hydrogen) atoms. The van der Waals surface area contributed by atoms with E-state index in [9.17, 15) is 9.59 Å². The molecule has 100 valence electrons. The van der Waals surface area contributed by atoms with Crippen LogP contribution in [-0.2, 0) is 16.0 Å². The van der Waals surface area contributed by atoms with Gasteiger partial charge in [-0.3, -0.25) is 4.79 Å². The molecule has 5 nitrogen and oxygen atoms in total. The largest absolute Gasteiger partial charge is 0.480 e. The van der Waals surface area contributed by atoms with E-state index in [0.717, 1.165) is 16.5 Å². The summed E-state index contributed by atoms with van der Waals surface area (Å²) in [5, 5.41) is 12.5. The molecule has 2 rings (SSSR count). The van der Waals surface area contributed by atoms with Gasteiger partial charge in [0.05, 0.1) is 0 Å². The van der Waals surface area contributed by atoms with E-state index in [-0.39, 0.29) is 29.7 Å². The summed E-state index contributed by atoms with van der Waals surface area (Å²) < 4.78 is 0. The third-order valence-corrected chi connectivity index (χ3v) is 2.77. The number of carbonyl (C=O) groups is 2. The molecular weight excluding hydrogens is 259 g/mol. The van der Waals surface area contributed by atoms with Crippen molar-refractivity contribution in [2.75, 3.05) is 0 Å². The van der Waals surface area contributed by atoms with Gasteiger partial charge in [-0.05, 0) is 11.6 Å². The van der Waals surface area contributed by atoms with Crippen molar-refractivity contribution in [3.63, 3.8) is 0 Å². The van der Waals surface area contributed by atoms with Gasteiger partial charge in [0.2, 0.25) is 5.91 Å². The average Bonchev–Trinajstić information content (AvgIpc) is 2.71. The van der Waals surface area contributed by atoms with Crippen LogP contribution in [-0.4, -0.2) is 45.4 Å². The standard InChI is InChI=1S/C13H14N2O3.Al.3H/c1-8(16)15-12(13(17)18)6-9-7-14-11-5-3-2-4-10(9)11;;;;/h2-5,7,12,14H,6H2,1H3,(H,15,16)(H,17,18);;;;/t12-;;;;/m0..../s1. The van der Waals surface area contributed by atoms with E-state index in [0.29, 0.717) is 0 Å². The smallest absolute Gasteiger partial charge is 0.326 e. The Morgan fingerprint density at radius 1 is 1.37 bits per heavy atom. The van der Waals surface area contributed by atoms with Gasteiger partial charge in [-0.15, -0.1) is 0 Å². The summed E-state index contributed by atoms with van der Waals surface area (Å²) in [6, 6.07) is 6.75. The number of H-pyrrole nitrogens is 1. The molecule has 0 spiro atoms. The third kappa shape index (κ3) is 3.60. The van der Waals surface area contributed by atoms with Crippen LogP contribution < -0.4 is 5.32 Å². The molecule has 0 bridgehead atoms. The number of hydrogen-bond donors (Lipinski definition) is 3. The Labute approximate surface area is 121 Å². The molecule has 0 fully saturated rings. The van der Waals surface area contributed by atoms with Gasteiger partial charge in [-0.1, -0.05) is 18.2 Å². The van der Waals surface area contributed by atoms with E-state index in [1.807, 2.05) is 24.3 Å². The van der Waals surface area contributed by atoms with Crippen LogP contribution in [0, 0.1) is 0 Å². The highest BCUT2D eigenvalue weighted by Crippen LogP contribution is 2.19. The van der Waals surface area contributed by atoms with Gasteiger partial charge < -0.3 is 15.4 Å². The fraction of sp³-hybridized carbons (Fsp3) is 0.231. The highest BCUT2D eigenvalue weighted by Gasteiger charge is 2.20. The number of nitrogens with one attached hydrogen (secondary N) is 2. The summed E-state index contributed by atoms with van der Waals surface area (Å²) in [5.41, 5.74) is 1.84. The second-order valence-corrected chi connectivity index (χ2v) is 4.15. The Hall–Kier alpha value is -1.77. The lowest BCUT2D eigenvalue weighted by atomic mass is 10.1. The van der Waals surface area contributed by atoms with Crippen molar-refractivity contribution in [1.82, 2.24) is 10.3 Å². The molecule has 0 saturated carbocycles. The first-order chi connectivity index (χ1) is 8.58. The molecule has 2 aromatic rings. The zero-order valence-electron chi connectivity index (χ0n) is 9.93. The van der Waals surface area contributed by atoms with Crippen LogP contribution in [0.2, 0.25) is 0 Å². The van der Waals surface area contributed by atoms with E-state index in [2.05, 4.69) is 10.3 Å². The van der Waals surface area contributed by atoms with Gasteiger partial charge in [0.1, 0.15) is 6.04 Å². The summed E-state index contributed by atoms with van der Waals surface area (Å²) in [5.74, 6) is -1.38. The van der Waals surface area contributed by atoms with Crippen LogP contribution in [0.4, 0.5) is 0 Å². The molecule has 0 radical (unpaired) electrons. The quantitative estimate of drug-likeness (QED) is 0.693. The maximum atomic E-state index is 11.1. The summed E-state index contributed by atoms with van der Waals surface area (Å²) in [6.45, 7) is 1.31. The lowest BCUT2D eigenvalue weighted by molar-refractivity contribution is -0.141. The summed E-state index contributed by atoms with van der Waals surface area (Å²) >= 11 is 0. The average molecular weight is 276 g/mol. The van der Waals surface area contributed by atoms with Gasteiger partial charge in [0.15, 0.2) is 17.4 Å². The number of amides is 1. The van der Waals surface area contributed by atoms with Gasteiger partial charge >= 0.3 is 5.97 Å². The molecule has 6 heteroatoms. The van der Waals surface area contributed by atoms with Crippen molar-refractivity contribution < 1.29 is 14.7 Å². The summed E-state index contributed by atoms with van der Waals surface area (Å²) in [7, 11) is 0. The topological polar surface area (TPSA) is 82.2 Å². The van der Waals surface area contributed by atoms with Crippen molar-refractivity contribution in [3.05, 3.63) is 36.0 Å². The Morgan fingerprint density at radius 3 is 2.68 bits per heavy atom. The summed E-state index contributed by atoms with van der Waals surface area (Å²) in [4.78, 5) is 25.1.